The lowest BCUT2D eigenvalue weighted by molar-refractivity contribution is 0.545. The number of nitrogens with two attached hydrogens (primary N) is 1. The van der Waals surface area contributed by atoms with Crippen LogP contribution in [0.25, 0.3) is 21.9 Å². The van der Waals surface area contributed by atoms with E-state index < -0.39 is 11.3 Å². The van der Waals surface area contributed by atoms with Crippen molar-refractivity contribution in [3.63, 3.8) is 0 Å². The molecule has 0 atom stereocenters. The van der Waals surface area contributed by atoms with E-state index in [1.807, 2.05) is 0 Å². The summed E-state index contributed by atoms with van der Waals surface area (Å²) in [7, 11) is 0. The molecule has 0 bridgehead atoms. The maximum Gasteiger partial charge on any atom is 0.359 e. The number of rotatable bonds is 0. The summed E-state index contributed by atoms with van der Waals surface area (Å²) in [6.45, 7) is 0. The van der Waals surface area contributed by atoms with E-state index in [1.54, 1.807) is 24.3 Å². The van der Waals surface area contributed by atoms with Crippen LogP contribution >= 0.6 is 0 Å². The number of fused-ring (bicyclic) bond motifs is 3. The Bertz CT molecular complexity index is 844. The van der Waals surface area contributed by atoms with Crippen LogP contribution in [-0.4, -0.2) is 0 Å². The van der Waals surface area contributed by atoms with Gasteiger partial charge in [-0.1, -0.05) is 12.1 Å². The summed E-state index contributed by atoms with van der Waals surface area (Å²) < 4.78 is 10.1. The van der Waals surface area contributed by atoms with Crippen molar-refractivity contribution in [2.75, 3.05) is 5.73 Å². The van der Waals surface area contributed by atoms with Crippen molar-refractivity contribution >= 4 is 27.6 Å². The summed E-state index contributed by atoms with van der Waals surface area (Å²) in [5.41, 5.74) is 4.64. The molecule has 0 aliphatic heterocycles. The lowest BCUT2D eigenvalue weighted by Crippen LogP contribution is -2.09. The topological polar surface area (TPSA) is 86.4 Å². The number of nitrogen functional groups attached to an aromatic ring is 1. The molecule has 0 amide bonds. The number of para-hydroxylation sites is 1. The first-order valence-electron chi connectivity index (χ1n) is 4.92. The fourth-order valence-electron chi connectivity index (χ4n) is 1.74. The molecule has 17 heavy (non-hydrogen) atoms. The Hall–Kier alpha value is -2.56. The maximum absolute atomic E-state index is 11.7. The molecule has 0 unspecified atom stereocenters. The highest BCUT2D eigenvalue weighted by Crippen LogP contribution is 2.21. The van der Waals surface area contributed by atoms with Gasteiger partial charge in [-0.2, -0.15) is 0 Å². The number of benzene rings is 1. The summed E-state index contributed by atoms with van der Waals surface area (Å²) in [5.74, 6) is 0. The molecule has 2 N–H and O–H groups in total. The molecule has 2 aromatic heterocycles. The Kier molecular flexibility index (Phi) is 1.82. The normalized spacial score (nSPS) is 11.1. The van der Waals surface area contributed by atoms with E-state index in [0.717, 1.165) is 0 Å². The molecule has 3 rings (SSSR count). The van der Waals surface area contributed by atoms with Gasteiger partial charge in [0, 0.05) is 0 Å². The first-order chi connectivity index (χ1) is 8.16. The van der Waals surface area contributed by atoms with E-state index in [2.05, 4.69) is 0 Å². The van der Waals surface area contributed by atoms with Gasteiger partial charge in [0.25, 0.3) is 0 Å². The third-order valence-corrected chi connectivity index (χ3v) is 2.53. The van der Waals surface area contributed by atoms with Crippen molar-refractivity contribution in [3.8, 4) is 0 Å². The summed E-state index contributed by atoms with van der Waals surface area (Å²) in [4.78, 5) is 23.0. The Morgan fingerprint density at radius 1 is 0.941 bits per heavy atom. The zero-order chi connectivity index (χ0) is 12.0. The van der Waals surface area contributed by atoms with Gasteiger partial charge in [0.05, 0.1) is 5.39 Å². The van der Waals surface area contributed by atoms with Crippen LogP contribution in [0.5, 0.6) is 0 Å². The molecule has 1 aromatic carbocycles. The Morgan fingerprint density at radius 2 is 1.71 bits per heavy atom. The quantitative estimate of drug-likeness (QED) is 0.466. The summed E-state index contributed by atoms with van der Waals surface area (Å²) in [6.07, 6.45) is 0. The van der Waals surface area contributed by atoms with Gasteiger partial charge in [0.1, 0.15) is 16.7 Å². The van der Waals surface area contributed by atoms with Crippen LogP contribution in [0.15, 0.2) is 48.8 Å². The summed E-state index contributed by atoms with van der Waals surface area (Å²) in [5, 5.41) is 0.736. The molecule has 84 valence electrons. The van der Waals surface area contributed by atoms with Gasteiger partial charge in [0.2, 0.25) is 0 Å². The SMILES string of the molecule is Nc1cc2c(=O)oc3ccccc3c2oc1=O. The molecule has 0 aliphatic carbocycles. The minimum Gasteiger partial charge on any atom is -0.422 e. The third kappa shape index (κ3) is 1.32. The van der Waals surface area contributed by atoms with E-state index in [1.165, 1.54) is 6.07 Å². The number of hydrogen-bond acceptors (Lipinski definition) is 5. The lowest BCUT2D eigenvalue weighted by Gasteiger charge is -2.00. The molecular formula is C12H7NO4. The second-order valence-electron chi connectivity index (χ2n) is 3.62. The Morgan fingerprint density at radius 3 is 2.53 bits per heavy atom. The second-order valence-corrected chi connectivity index (χ2v) is 3.62. The highest BCUT2D eigenvalue weighted by Gasteiger charge is 2.11. The Labute approximate surface area is 94.1 Å². The van der Waals surface area contributed by atoms with Crippen molar-refractivity contribution in [1.82, 2.24) is 0 Å². The van der Waals surface area contributed by atoms with Crippen LogP contribution in [0.4, 0.5) is 5.69 Å². The highest BCUT2D eigenvalue weighted by molar-refractivity contribution is 6.00. The first-order valence-corrected chi connectivity index (χ1v) is 4.92. The molecule has 0 aliphatic rings. The molecule has 0 fully saturated rings. The van der Waals surface area contributed by atoms with Gasteiger partial charge in [-0.15, -0.1) is 0 Å². The standard InChI is InChI=1S/C12H7NO4/c13-8-5-7-10(17-12(8)15)6-3-1-2-4-9(6)16-11(7)14/h1-5H,13H2. The molecule has 5 nitrogen and oxygen atoms in total. The zero-order valence-electron chi connectivity index (χ0n) is 8.60. The molecule has 3 aromatic rings. The number of anilines is 1. The van der Waals surface area contributed by atoms with Crippen LogP contribution in [0.1, 0.15) is 0 Å². The first kappa shape index (κ1) is 9.65. The van der Waals surface area contributed by atoms with E-state index in [-0.39, 0.29) is 16.7 Å². The molecular weight excluding hydrogens is 222 g/mol. The molecule has 0 saturated carbocycles. The molecule has 0 spiro atoms. The maximum atomic E-state index is 11.7. The predicted octanol–water partition coefficient (Wildman–Crippen LogP) is 1.48. The minimum atomic E-state index is -0.659. The Balaban J connectivity index is 2.70. The summed E-state index contributed by atoms with van der Waals surface area (Å²) >= 11 is 0. The second kappa shape index (κ2) is 3.21. The zero-order valence-corrected chi connectivity index (χ0v) is 8.60. The van der Waals surface area contributed by atoms with Crippen LogP contribution < -0.4 is 17.0 Å². The fraction of sp³-hybridized carbons (Fsp3) is 0. The molecule has 5 heteroatoms. The fourth-order valence-corrected chi connectivity index (χ4v) is 1.74. The van der Waals surface area contributed by atoms with Gasteiger partial charge in [-0.25, -0.2) is 9.59 Å². The minimum absolute atomic E-state index is 0.111. The van der Waals surface area contributed by atoms with Gasteiger partial charge < -0.3 is 14.6 Å². The lowest BCUT2D eigenvalue weighted by atomic mass is 10.2. The van der Waals surface area contributed by atoms with Crippen molar-refractivity contribution < 1.29 is 8.83 Å². The number of hydrogen-bond donors (Lipinski definition) is 1. The van der Waals surface area contributed by atoms with Crippen molar-refractivity contribution in [1.29, 1.82) is 0 Å². The van der Waals surface area contributed by atoms with Crippen molar-refractivity contribution in [2.45, 2.75) is 0 Å². The average Bonchev–Trinajstić information content (AvgIpc) is 2.32. The largest absolute Gasteiger partial charge is 0.422 e. The van der Waals surface area contributed by atoms with E-state index in [4.69, 9.17) is 14.6 Å². The van der Waals surface area contributed by atoms with Crippen LogP contribution in [0, 0.1) is 0 Å². The highest BCUT2D eigenvalue weighted by atomic mass is 16.4. The van der Waals surface area contributed by atoms with E-state index >= 15 is 0 Å². The predicted molar refractivity (Wildman–Crippen MR) is 62.9 cm³/mol. The van der Waals surface area contributed by atoms with Crippen molar-refractivity contribution in [3.05, 3.63) is 51.2 Å². The van der Waals surface area contributed by atoms with Crippen LogP contribution in [-0.2, 0) is 0 Å². The molecule has 0 saturated heterocycles. The smallest absolute Gasteiger partial charge is 0.359 e. The van der Waals surface area contributed by atoms with Crippen LogP contribution in [0.3, 0.4) is 0 Å². The molecule has 0 radical (unpaired) electrons. The monoisotopic (exact) mass is 229 g/mol. The van der Waals surface area contributed by atoms with Gasteiger partial charge >= 0.3 is 11.3 Å². The van der Waals surface area contributed by atoms with Gasteiger partial charge in [-0.3, -0.25) is 0 Å². The third-order valence-electron chi connectivity index (χ3n) is 2.53. The average molecular weight is 229 g/mol. The van der Waals surface area contributed by atoms with E-state index in [9.17, 15) is 9.59 Å². The van der Waals surface area contributed by atoms with Gasteiger partial charge in [0.15, 0.2) is 5.58 Å². The molecule has 2 heterocycles. The van der Waals surface area contributed by atoms with E-state index in [0.29, 0.717) is 11.0 Å². The van der Waals surface area contributed by atoms with Gasteiger partial charge in [-0.05, 0) is 18.2 Å². The summed E-state index contributed by atoms with van der Waals surface area (Å²) in [6, 6.07) is 8.11. The van der Waals surface area contributed by atoms with Crippen LogP contribution in [0.2, 0.25) is 0 Å². The van der Waals surface area contributed by atoms with Crippen molar-refractivity contribution in [2.24, 2.45) is 0 Å².